The smallest absolute Gasteiger partial charge is 0.203 e. The molecule has 0 aromatic rings. The molecule has 2 N–H and O–H groups in total. The average molecular weight is 113 g/mol. The van der Waals surface area contributed by atoms with E-state index in [2.05, 4.69) is 0 Å². The number of hydrogen-bond acceptors (Lipinski definition) is 3. The van der Waals surface area contributed by atoms with Gasteiger partial charge in [0.1, 0.15) is 0 Å². The van der Waals surface area contributed by atoms with Crippen LogP contribution in [-0.4, -0.2) is 19.1 Å². The van der Waals surface area contributed by atoms with Gasteiger partial charge >= 0.3 is 0 Å². The van der Waals surface area contributed by atoms with Crippen molar-refractivity contribution in [1.82, 2.24) is 0 Å². The van der Waals surface area contributed by atoms with E-state index in [4.69, 9.17) is 5.73 Å². The molecule has 3 heteroatoms. The van der Waals surface area contributed by atoms with E-state index in [9.17, 15) is 9.59 Å². The van der Waals surface area contributed by atoms with Gasteiger partial charge in [-0.05, 0) is 0 Å². The highest BCUT2D eigenvalue weighted by Crippen LogP contribution is 1.90. The number of rotatable bonds is 4. The summed E-state index contributed by atoms with van der Waals surface area (Å²) in [5, 5.41) is 0. The fraction of sp³-hybridized carbons (Fsp3) is 0.600. The van der Waals surface area contributed by atoms with Crippen LogP contribution in [-0.2, 0) is 9.59 Å². The predicted octanol–water partition coefficient (Wildman–Crippen LogP) is -0.829. The van der Waals surface area contributed by atoms with Crippen LogP contribution in [0.25, 0.3) is 0 Å². The Kier molecular flexibility index (Phi) is 4.07. The van der Waals surface area contributed by atoms with Gasteiger partial charge in [-0.1, -0.05) is 0 Å². The lowest BCUT2D eigenvalue weighted by Gasteiger charge is -1.95. The molecular formula is C5H7NO2. The van der Waals surface area contributed by atoms with Gasteiger partial charge in [0.2, 0.25) is 6.29 Å². The lowest BCUT2D eigenvalue weighted by atomic mass is 10.1. The first-order chi connectivity index (χ1) is 3.85. The van der Waals surface area contributed by atoms with Crippen molar-refractivity contribution in [3.05, 3.63) is 0 Å². The molecule has 0 aliphatic heterocycles. The van der Waals surface area contributed by atoms with Gasteiger partial charge < -0.3 is 5.73 Å². The largest absolute Gasteiger partial charge is 0.330 e. The van der Waals surface area contributed by atoms with Gasteiger partial charge in [0.05, 0.1) is 0 Å². The van der Waals surface area contributed by atoms with Crippen molar-refractivity contribution < 1.29 is 9.59 Å². The van der Waals surface area contributed by atoms with Crippen LogP contribution in [0.5, 0.6) is 0 Å². The molecule has 0 aromatic carbocycles. The molecule has 0 saturated carbocycles. The third-order valence-electron chi connectivity index (χ3n) is 0.781. The minimum Gasteiger partial charge on any atom is -0.330 e. The van der Waals surface area contributed by atoms with Crippen molar-refractivity contribution >= 4 is 12.6 Å². The summed E-state index contributed by atoms with van der Waals surface area (Å²) in [6.07, 6.45) is 3.26. The van der Waals surface area contributed by atoms with Gasteiger partial charge in [-0.3, -0.25) is 9.59 Å². The van der Waals surface area contributed by atoms with E-state index in [1.165, 1.54) is 0 Å². The number of hydrogen-bond donors (Lipinski definition) is 1. The van der Waals surface area contributed by atoms with Crippen LogP contribution in [0.15, 0.2) is 0 Å². The molecule has 0 bridgehead atoms. The van der Waals surface area contributed by atoms with Crippen molar-refractivity contribution in [2.75, 3.05) is 6.54 Å². The van der Waals surface area contributed by atoms with Gasteiger partial charge in [0, 0.05) is 18.9 Å². The third-order valence-corrected chi connectivity index (χ3v) is 0.781. The summed E-state index contributed by atoms with van der Waals surface area (Å²) in [7, 11) is 0. The van der Waals surface area contributed by atoms with Crippen LogP contribution < -0.4 is 5.73 Å². The van der Waals surface area contributed by atoms with Gasteiger partial charge in [-0.25, -0.2) is 0 Å². The second-order valence-corrected chi connectivity index (χ2v) is 1.40. The van der Waals surface area contributed by atoms with Gasteiger partial charge in [0.15, 0.2) is 6.29 Å². The molecule has 0 heterocycles. The topological polar surface area (TPSA) is 60.2 Å². The molecule has 44 valence electrons. The Bertz CT molecular complexity index is 82.5. The Balaban J connectivity index is 3.35. The molecule has 2 radical (unpaired) electrons. The second-order valence-electron chi connectivity index (χ2n) is 1.40. The molecule has 1 unspecified atom stereocenters. The van der Waals surface area contributed by atoms with Crippen molar-refractivity contribution in [3.63, 3.8) is 0 Å². The van der Waals surface area contributed by atoms with Crippen molar-refractivity contribution in [2.45, 2.75) is 6.42 Å². The minimum atomic E-state index is -0.451. The highest BCUT2D eigenvalue weighted by Gasteiger charge is 2.03. The van der Waals surface area contributed by atoms with Gasteiger partial charge in [-0.15, -0.1) is 0 Å². The Morgan fingerprint density at radius 1 is 1.50 bits per heavy atom. The number of carbonyl (C=O) groups excluding carboxylic acids is 2. The first kappa shape index (κ1) is 7.30. The summed E-state index contributed by atoms with van der Waals surface area (Å²) < 4.78 is 0. The summed E-state index contributed by atoms with van der Waals surface area (Å²) in [4.78, 5) is 19.3. The fourth-order valence-electron chi connectivity index (χ4n) is 0.274. The molecule has 0 spiro atoms. The summed E-state index contributed by atoms with van der Waals surface area (Å²) in [5.74, 6) is -0.451. The molecule has 0 amide bonds. The predicted molar refractivity (Wildman–Crippen MR) is 28.5 cm³/mol. The van der Waals surface area contributed by atoms with E-state index in [-0.39, 0.29) is 13.0 Å². The van der Waals surface area contributed by atoms with Crippen molar-refractivity contribution in [2.24, 2.45) is 11.7 Å². The van der Waals surface area contributed by atoms with E-state index in [0.717, 1.165) is 0 Å². The van der Waals surface area contributed by atoms with E-state index < -0.39 is 5.92 Å². The minimum absolute atomic E-state index is 0.0694. The zero-order valence-corrected chi connectivity index (χ0v) is 4.39. The number of nitrogens with two attached hydrogens (primary N) is 1. The molecule has 0 aliphatic carbocycles. The van der Waals surface area contributed by atoms with Crippen LogP contribution in [0.2, 0.25) is 0 Å². The van der Waals surface area contributed by atoms with Crippen LogP contribution in [0.3, 0.4) is 0 Å². The highest BCUT2D eigenvalue weighted by atomic mass is 16.1. The standard InChI is InChI=1S/C5H7NO2/c6-3-5(4-8)1-2-7/h5H,1,3,6H2. The first-order valence-electron chi connectivity index (χ1n) is 2.28. The third kappa shape index (κ3) is 2.47. The summed E-state index contributed by atoms with van der Waals surface area (Å²) >= 11 is 0. The fourth-order valence-corrected chi connectivity index (χ4v) is 0.274. The van der Waals surface area contributed by atoms with Gasteiger partial charge in [0.25, 0.3) is 0 Å². The maximum Gasteiger partial charge on any atom is 0.203 e. The van der Waals surface area contributed by atoms with Crippen LogP contribution in [0.1, 0.15) is 6.42 Å². The van der Waals surface area contributed by atoms with Gasteiger partial charge in [-0.2, -0.15) is 0 Å². The van der Waals surface area contributed by atoms with E-state index in [1.54, 1.807) is 12.6 Å². The lowest BCUT2D eigenvalue weighted by molar-refractivity contribution is 0.510. The zero-order chi connectivity index (χ0) is 6.41. The maximum absolute atomic E-state index is 9.74. The molecule has 8 heavy (non-hydrogen) atoms. The first-order valence-corrected chi connectivity index (χ1v) is 2.28. The summed E-state index contributed by atoms with van der Waals surface area (Å²) in [6, 6.07) is 0. The zero-order valence-electron chi connectivity index (χ0n) is 4.39. The highest BCUT2D eigenvalue weighted by molar-refractivity contribution is 5.62. The van der Waals surface area contributed by atoms with E-state index >= 15 is 0 Å². The molecule has 0 aromatic heterocycles. The lowest BCUT2D eigenvalue weighted by Crippen LogP contribution is -2.15. The second kappa shape index (κ2) is 4.46. The molecule has 1 atom stereocenters. The molecule has 0 fully saturated rings. The Morgan fingerprint density at radius 3 is 2.25 bits per heavy atom. The normalized spacial score (nSPS) is 12.6. The maximum atomic E-state index is 9.74. The Labute approximate surface area is 47.9 Å². The van der Waals surface area contributed by atoms with Crippen molar-refractivity contribution in [3.8, 4) is 0 Å². The molecular weight excluding hydrogens is 106 g/mol. The van der Waals surface area contributed by atoms with Crippen molar-refractivity contribution in [1.29, 1.82) is 0 Å². The average Bonchev–Trinajstić information content (AvgIpc) is 1.83. The summed E-state index contributed by atoms with van der Waals surface area (Å²) in [6.45, 7) is 0.179. The molecule has 0 rings (SSSR count). The van der Waals surface area contributed by atoms with E-state index in [0.29, 0.717) is 0 Å². The quantitative estimate of drug-likeness (QED) is 0.517. The summed E-state index contributed by atoms with van der Waals surface area (Å²) in [5.41, 5.74) is 5.03. The molecule has 0 saturated heterocycles. The van der Waals surface area contributed by atoms with Crippen LogP contribution in [0, 0.1) is 5.92 Å². The van der Waals surface area contributed by atoms with Crippen LogP contribution in [0.4, 0.5) is 0 Å². The SMILES string of the molecule is NCC([C]=O)C[C]=O. The Hall–Kier alpha value is -0.700. The molecule has 0 aliphatic rings. The van der Waals surface area contributed by atoms with E-state index in [1.807, 2.05) is 0 Å². The monoisotopic (exact) mass is 113 g/mol. The molecule has 3 nitrogen and oxygen atoms in total. The Morgan fingerprint density at radius 2 is 2.12 bits per heavy atom. The van der Waals surface area contributed by atoms with Crippen LogP contribution >= 0.6 is 0 Å².